The SMILES string of the molecule is CCSc1ccccc1S(=O)(=O)c1ccc(NC(=O)C(C)(O)C(F)(F)F)c(Cl)c1. The predicted octanol–water partition coefficient (Wildman–Crippen LogP) is 4.54. The Hall–Kier alpha value is -1.75. The fourth-order valence-corrected chi connectivity index (χ4v) is 5.07. The van der Waals surface area contributed by atoms with Crippen LogP contribution in [0.3, 0.4) is 0 Å². The minimum Gasteiger partial charge on any atom is -0.373 e. The third-order valence-corrected chi connectivity index (χ3v) is 7.14. The molecular weight excluding hydrogens is 451 g/mol. The highest BCUT2D eigenvalue weighted by atomic mass is 35.5. The van der Waals surface area contributed by atoms with Crippen molar-refractivity contribution in [1.29, 1.82) is 0 Å². The van der Waals surface area contributed by atoms with E-state index in [1.165, 1.54) is 17.8 Å². The fraction of sp³-hybridized carbons (Fsp3) is 0.278. The lowest BCUT2D eigenvalue weighted by Gasteiger charge is -2.25. The number of alkyl halides is 3. The van der Waals surface area contributed by atoms with Gasteiger partial charge in [0.1, 0.15) is 0 Å². The molecule has 0 aliphatic heterocycles. The second-order valence-corrected chi connectivity index (χ2v) is 9.68. The van der Waals surface area contributed by atoms with Crippen LogP contribution in [-0.2, 0) is 14.6 Å². The van der Waals surface area contributed by atoms with Crippen LogP contribution in [0.4, 0.5) is 18.9 Å². The van der Waals surface area contributed by atoms with Gasteiger partial charge in [0, 0.05) is 4.90 Å². The van der Waals surface area contributed by atoms with Crippen LogP contribution in [-0.4, -0.2) is 37.0 Å². The first-order valence-corrected chi connectivity index (χ1v) is 11.0. The van der Waals surface area contributed by atoms with Gasteiger partial charge in [-0.15, -0.1) is 11.8 Å². The van der Waals surface area contributed by atoms with Gasteiger partial charge in [0.25, 0.3) is 5.91 Å². The summed E-state index contributed by atoms with van der Waals surface area (Å²) in [4.78, 5) is 12.2. The number of carbonyl (C=O) groups is 1. The number of rotatable bonds is 6. The Morgan fingerprint density at radius 2 is 1.83 bits per heavy atom. The zero-order valence-electron chi connectivity index (χ0n) is 15.2. The maximum Gasteiger partial charge on any atom is 0.426 e. The number of nitrogens with one attached hydrogen (secondary N) is 1. The Kier molecular flexibility index (Phi) is 6.93. The molecule has 0 aliphatic rings. The smallest absolute Gasteiger partial charge is 0.373 e. The Labute approximate surface area is 175 Å². The largest absolute Gasteiger partial charge is 0.426 e. The summed E-state index contributed by atoms with van der Waals surface area (Å²) in [6.07, 6.45) is -5.20. The van der Waals surface area contributed by atoms with E-state index in [-0.39, 0.29) is 20.5 Å². The molecule has 1 atom stereocenters. The minimum atomic E-state index is -5.20. The van der Waals surface area contributed by atoms with Gasteiger partial charge in [-0.1, -0.05) is 30.7 Å². The molecule has 2 N–H and O–H groups in total. The van der Waals surface area contributed by atoms with E-state index in [9.17, 15) is 31.5 Å². The number of hydrogen-bond acceptors (Lipinski definition) is 5. The van der Waals surface area contributed by atoms with Gasteiger partial charge in [0.2, 0.25) is 15.4 Å². The second kappa shape index (κ2) is 8.55. The van der Waals surface area contributed by atoms with Crippen LogP contribution in [0.25, 0.3) is 0 Å². The summed E-state index contributed by atoms with van der Waals surface area (Å²) < 4.78 is 64.2. The lowest BCUT2D eigenvalue weighted by Crippen LogP contribution is -2.52. The molecule has 2 aromatic rings. The molecule has 0 fully saturated rings. The number of anilines is 1. The molecule has 0 heterocycles. The van der Waals surface area contributed by atoms with Crippen molar-refractivity contribution in [3.8, 4) is 0 Å². The first kappa shape index (κ1) is 23.5. The standard InChI is InChI=1S/C18H17ClF3NO4S2/c1-3-28-14-6-4-5-7-15(14)29(26,27)11-8-9-13(12(19)10-11)23-16(24)17(2,25)18(20,21)22/h4-10,25H,3H2,1-2H3,(H,23,24). The summed E-state index contributed by atoms with van der Waals surface area (Å²) in [5, 5.41) is 11.0. The number of hydrogen-bond donors (Lipinski definition) is 2. The van der Waals surface area contributed by atoms with Gasteiger partial charge in [0.05, 0.1) is 20.5 Å². The summed E-state index contributed by atoms with van der Waals surface area (Å²) in [6, 6.07) is 9.59. The summed E-state index contributed by atoms with van der Waals surface area (Å²) in [5.74, 6) is -1.09. The van der Waals surface area contributed by atoms with Gasteiger partial charge in [-0.2, -0.15) is 13.2 Å². The third-order valence-electron chi connectivity index (χ3n) is 3.93. The molecular formula is C18H17ClF3NO4S2. The van der Waals surface area contributed by atoms with E-state index in [1.807, 2.05) is 12.2 Å². The van der Waals surface area contributed by atoms with Crippen LogP contribution in [0.2, 0.25) is 5.02 Å². The van der Waals surface area contributed by atoms with E-state index in [0.717, 1.165) is 18.2 Å². The molecule has 0 radical (unpaired) electrons. The Morgan fingerprint density at radius 1 is 1.21 bits per heavy atom. The molecule has 11 heteroatoms. The van der Waals surface area contributed by atoms with E-state index in [4.69, 9.17) is 11.6 Å². The highest BCUT2D eigenvalue weighted by molar-refractivity contribution is 8.00. The fourth-order valence-electron chi connectivity index (χ4n) is 2.21. The molecule has 158 valence electrons. The minimum absolute atomic E-state index is 0.0692. The summed E-state index contributed by atoms with van der Waals surface area (Å²) in [7, 11) is -3.96. The van der Waals surface area contributed by atoms with Crippen molar-refractivity contribution in [2.75, 3.05) is 11.1 Å². The number of sulfone groups is 1. The number of halogens is 4. The first-order valence-electron chi connectivity index (χ1n) is 8.19. The van der Waals surface area contributed by atoms with Gasteiger partial charge >= 0.3 is 6.18 Å². The van der Waals surface area contributed by atoms with E-state index < -0.39 is 27.5 Å². The molecule has 1 unspecified atom stereocenters. The van der Waals surface area contributed by atoms with Crippen molar-refractivity contribution in [2.24, 2.45) is 0 Å². The average Bonchev–Trinajstić information content (AvgIpc) is 2.62. The first-order chi connectivity index (χ1) is 13.3. The van der Waals surface area contributed by atoms with Crippen molar-refractivity contribution in [1.82, 2.24) is 0 Å². The maximum atomic E-state index is 13.0. The average molecular weight is 468 g/mol. The number of carbonyl (C=O) groups excluding carboxylic acids is 1. The highest BCUT2D eigenvalue weighted by Gasteiger charge is 2.55. The Morgan fingerprint density at radius 3 is 2.38 bits per heavy atom. The van der Waals surface area contributed by atoms with Crippen LogP contribution in [0, 0.1) is 0 Å². The van der Waals surface area contributed by atoms with Gasteiger partial charge < -0.3 is 10.4 Å². The van der Waals surface area contributed by atoms with E-state index in [2.05, 4.69) is 0 Å². The van der Waals surface area contributed by atoms with Crippen LogP contribution in [0.1, 0.15) is 13.8 Å². The van der Waals surface area contributed by atoms with Crippen LogP contribution in [0.5, 0.6) is 0 Å². The number of aliphatic hydroxyl groups is 1. The molecule has 0 spiro atoms. The molecule has 5 nitrogen and oxygen atoms in total. The topological polar surface area (TPSA) is 83.5 Å². The monoisotopic (exact) mass is 467 g/mol. The van der Waals surface area contributed by atoms with Crippen molar-refractivity contribution in [2.45, 2.75) is 40.3 Å². The molecule has 0 saturated carbocycles. The molecule has 2 aromatic carbocycles. The van der Waals surface area contributed by atoms with Gasteiger partial charge in [0.15, 0.2) is 0 Å². The number of thioether (sulfide) groups is 1. The highest BCUT2D eigenvalue weighted by Crippen LogP contribution is 2.35. The van der Waals surface area contributed by atoms with Crippen LogP contribution >= 0.6 is 23.4 Å². The zero-order chi connectivity index (χ0) is 22.0. The molecule has 0 aromatic heterocycles. The van der Waals surface area contributed by atoms with Crippen LogP contribution < -0.4 is 5.32 Å². The third kappa shape index (κ3) is 4.88. The Bertz CT molecular complexity index is 1020. The second-order valence-electron chi connectivity index (χ2n) is 6.05. The molecule has 0 aliphatic carbocycles. The van der Waals surface area contributed by atoms with Crippen molar-refractivity contribution >= 4 is 44.8 Å². The van der Waals surface area contributed by atoms with Crippen molar-refractivity contribution in [3.05, 3.63) is 47.5 Å². The number of amides is 1. The molecule has 2 rings (SSSR count). The van der Waals surface area contributed by atoms with Gasteiger partial charge in [-0.05, 0) is 43.0 Å². The van der Waals surface area contributed by atoms with E-state index >= 15 is 0 Å². The van der Waals surface area contributed by atoms with Crippen molar-refractivity contribution < 1.29 is 31.5 Å². The Balaban J connectivity index is 2.38. The van der Waals surface area contributed by atoms with Crippen LogP contribution in [0.15, 0.2) is 57.2 Å². The zero-order valence-corrected chi connectivity index (χ0v) is 17.6. The summed E-state index contributed by atoms with van der Waals surface area (Å²) in [5.41, 5.74) is -3.91. The molecule has 0 bridgehead atoms. The molecule has 1 amide bonds. The lowest BCUT2D eigenvalue weighted by atomic mass is 10.1. The quantitative estimate of drug-likeness (QED) is 0.609. The number of benzene rings is 2. The molecule has 29 heavy (non-hydrogen) atoms. The summed E-state index contributed by atoms with van der Waals surface area (Å²) in [6.45, 7) is 2.18. The van der Waals surface area contributed by atoms with E-state index in [1.54, 1.807) is 18.2 Å². The molecule has 0 saturated heterocycles. The summed E-state index contributed by atoms with van der Waals surface area (Å²) >= 11 is 7.33. The van der Waals surface area contributed by atoms with Crippen molar-refractivity contribution in [3.63, 3.8) is 0 Å². The maximum absolute atomic E-state index is 13.0. The lowest BCUT2D eigenvalue weighted by molar-refractivity contribution is -0.242. The predicted molar refractivity (Wildman–Crippen MR) is 105 cm³/mol. The normalized spacial score (nSPS) is 14.3. The van der Waals surface area contributed by atoms with E-state index in [0.29, 0.717) is 17.6 Å². The van der Waals surface area contributed by atoms with Gasteiger partial charge in [-0.25, -0.2) is 8.42 Å². The van der Waals surface area contributed by atoms with Gasteiger partial charge in [-0.3, -0.25) is 4.79 Å².